The van der Waals surface area contributed by atoms with Crippen LogP contribution in [0.3, 0.4) is 0 Å². The Hall–Kier alpha value is -3.10. The fourth-order valence-corrected chi connectivity index (χ4v) is 6.88. The molecule has 1 aliphatic carbocycles. The molecule has 14 nitrogen and oxygen atoms in total. The van der Waals surface area contributed by atoms with Crippen LogP contribution in [-0.2, 0) is 28.2 Å². The molecule has 5 N–H and O–H groups in total. The molecule has 3 aliphatic heterocycles. The zero-order chi connectivity index (χ0) is 30.1. The largest absolute Gasteiger partial charge is 0.461 e. The lowest BCUT2D eigenvalue weighted by atomic mass is 9.97. The number of para-hydroxylation sites is 1. The Bertz CT molecular complexity index is 1260. The van der Waals surface area contributed by atoms with Crippen molar-refractivity contribution in [2.24, 2.45) is 15.7 Å². The summed E-state index contributed by atoms with van der Waals surface area (Å²) in [5.74, 6) is -1.08. The van der Waals surface area contributed by atoms with Crippen LogP contribution in [-0.4, -0.2) is 89.2 Å². The molecule has 5 rings (SSSR count). The Balaban J connectivity index is 1.28. The Kier molecular flexibility index (Phi) is 8.86. The van der Waals surface area contributed by atoms with Gasteiger partial charge in [0, 0.05) is 0 Å². The summed E-state index contributed by atoms with van der Waals surface area (Å²) < 4.78 is 52.2. The summed E-state index contributed by atoms with van der Waals surface area (Å²) in [6.45, 7) is 2.07. The Morgan fingerprint density at radius 2 is 2.05 bits per heavy atom. The predicted molar refractivity (Wildman–Crippen MR) is 148 cm³/mol. The SMILES string of the molecule is C[C@H](NP(=O)(OC[C@H]1O[C@@H](N2C=NC3C(=O)NC(N)=NC32)[C@](C)(O)[C@@H]1F)Oc1ccccc1)C(=O)OC1CCCCC1. The summed E-state index contributed by atoms with van der Waals surface area (Å²) in [5.41, 5.74) is 3.58. The van der Waals surface area contributed by atoms with E-state index in [2.05, 4.69) is 20.4 Å². The third-order valence-corrected chi connectivity index (χ3v) is 9.26. The number of carbonyl (C=O) groups excluding carboxylic acids is 2. The van der Waals surface area contributed by atoms with Crippen molar-refractivity contribution in [2.75, 3.05) is 6.61 Å². The number of alkyl halides is 1. The van der Waals surface area contributed by atoms with Gasteiger partial charge in [-0.25, -0.2) is 13.9 Å². The highest BCUT2D eigenvalue weighted by atomic mass is 31.2. The maximum atomic E-state index is 15.6. The Morgan fingerprint density at radius 1 is 1.33 bits per heavy atom. The average molecular weight is 611 g/mol. The lowest BCUT2D eigenvalue weighted by molar-refractivity contribution is -0.152. The number of guanidine groups is 1. The first kappa shape index (κ1) is 30.4. The van der Waals surface area contributed by atoms with Crippen LogP contribution in [0.15, 0.2) is 40.3 Å². The van der Waals surface area contributed by atoms with Crippen molar-refractivity contribution >= 4 is 31.9 Å². The number of fused-ring (bicyclic) bond motifs is 1. The molecular weight excluding hydrogens is 574 g/mol. The van der Waals surface area contributed by atoms with E-state index in [-0.39, 0.29) is 17.8 Å². The van der Waals surface area contributed by atoms with Gasteiger partial charge in [-0.15, -0.1) is 0 Å². The number of aliphatic hydroxyl groups is 1. The van der Waals surface area contributed by atoms with Crippen molar-refractivity contribution in [3.8, 4) is 5.75 Å². The van der Waals surface area contributed by atoms with E-state index in [4.69, 9.17) is 24.3 Å². The zero-order valence-electron chi connectivity index (χ0n) is 23.3. The molecule has 230 valence electrons. The summed E-state index contributed by atoms with van der Waals surface area (Å²) >= 11 is 0. The van der Waals surface area contributed by atoms with Gasteiger partial charge in [0.1, 0.15) is 29.6 Å². The second-order valence-corrected chi connectivity index (χ2v) is 12.7. The second-order valence-electron chi connectivity index (χ2n) is 11.0. The smallest absolute Gasteiger partial charge is 0.459 e. The monoisotopic (exact) mass is 610 g/mol. The molecule has 1 saturated carbocycles. The van der Waals surface area contributed by atoms with Gasteiger partial charge >= 0.3 is 13.7 Å². The highest BCUT2D eigenvalue weighted by Gasteiger charge is 2.59. The van der Waals surface area contributed by atoms with E-state index in [9.17, 15) is 19.3 Å². The highest BCUT2D eigenvalue weighted by Crippen LogP contribution is 2.47. The van der Waals surface area contributed by atoms with E-state index in [0.717, 1.165) is 32.1 Å². The van der Waals surface area contributed by atoms with Crippen LogP contribution in [0.5, 0.6) is 5.75 Å². The molecule has 1 aromatic carbocycles. The fraction of sp³-hybridized carbons (Fsp3) is 0.615. The first-order chi connectivity index (χ1) is 20.0. The van der Waals surface area contributed by atoms with Gasteiger partial charge < -0.3 is 29.7 Å². The minimum absolute atomic E-state index is 0.146. The van der Waals surface area contributed by atoms with Crippen molar-refractivity contribution in [1.82, 2.24) is 15.3 Å². The molecule has 1 saturated heterocycles. The Labute approximate surface area is 242 Å². The normalized spacial score (nSPS) is 33.3. The molecular formula is C26H36FN6O8P. The molecule has 3 heterocycles. The van der Waals surface area contributed by atoms with Crippen molar-refractivity contribution in [1.29, 1.82) is 0 Å². The molecule has 1 amide bonds. The number of esters is 1. The third-order valence-electron chi connectivity index (χ3n) is 7.62. The standard InChI is InChI=1S/C26H36FN6O8P/c1-15(23(35)39-16-9-5-3-6-10-16)32-42(37,41-17-11-7-4-8-12-17)38-13-18-20(27)26(2,36)24(40-18)33-14-29-19-21(33)30-25(28)31-22(19)34/h4,7-8,11-12,14-16,18-21,24,36H,3,5-6,9-10,13H2,1-2H3,(H,32,37)(H3,28,30,31,34)/t15-,18+,19?,20+,21?,24+,26+,42?/m0/s1. The van der Waals surface area contributed by atoms with Crippen LogP contribution < -0.4 is 20.7 Å². The molecule has 0 bridgehead atoms. The van der Waals surface area contributed by atoms with Gasteiger partial charge in [0.15, 0.2) is 30.6 Å². The first-order valence-electron chi connectivity index (χ1n) is 13.9. The van der Waals surface area contributed by atoms with Crippen LogP contribution in [0.25, 0.3) is 0 Å². The molecule has 4 aliphatic rings. The molecule has 0 spiro atoms. The van der Waals surface area contributed by atoms with Gasteiger partial charge in [0.25, 0.3) is 5.91 Å². The van der Waals surface area contributed by atoms with Gasteiger partial charge in [-0.3, -0.25) is 24.4 Å². The van der Waals surface area contributed by atoms with Crippen LogP contribution in [0, 0.1) is 0 Å². The van der Waals surface area contributed by atoms with Crippen molar-refractivity contribution in [3.63, 3.8) is 0 Å². The van der Waals surface area contributed by atoms with Gasteiger partial charge in [0.2, 0.25) is 0 Å². The molecule has 8 atom stereocenters. The van der Waals surface area contributed by atoms with Crippen LogP contribution in [0.2, 0.25) is 0 Å². The fourth-order valence-electron chi connectivity index (χ4n) is 5.37. The van der Waals surface area contributed by atoms with E-state index >= 15 is 4.39 Å². The average Bonchev–Trinajstić information content (AvgIpc) is 3.46. The number of nitrogens with zero attached hydrogens (tertiary/aromatic N) is 3. The molecule has 2 fully saturated rings. The number of aliphatic imine (C=N–C) groups is 2. The maximum Gasteiger partial charge on any atom is 0.459 e. The molecule has 0 radical (unpaired) electrons. The molecule has 3 unspecified atom stereocenters. The van der Waals surface area contributed by atoms with Crippen LogP contribution in [0.4, 0.5) is 4.39 Å². The number of benzene rings is 1. The van der Waals surface area contributed by atoms with E-state index in [1.54, 1.807) is 30.3 Å². The third kappa shape index (κ3) is 6.45. The van der Waals surface area contributed by atoms with E-state index in [1.165, 1.54) is 25.1 Å². The van der Waals surface area contributed by atoms with E-state index in [0.29, 0.717) is 0 Å². The predicted octanol–water partition coefficient (Wildman–Crippen LogP) is 1.34. The lowest BCUT2D eigenvalue weighted by Crippen LogP contribution is -2.59. The molecule has 1 aromatic rings. The van der Waals surface area contributed by atoms with E-state index in [1.807, 2.05) is 0 Å². The number of nitrogens with two attached hydrogens (primary N) is 1. The number of nitrogens with one attached hydrogen (secondary N) is 2. The second kappa shape index (κ2) is 12.3. The van der Waals surface area contributed by atoms with Crippen molar-refractivity contribution in [3.05, 3.63) is 30.3 Å². The number of carbonyl (C=O) groups is 2. The summed E-state index contributed by atoms with van der Waals surface area (Å²) in [7, 11) is -4.32. The van der Waals surface area contributed by atoms with Crippen molar-refractivity contribution in [2.45, 2.75) is 94.4 Å². The molecule has 0 aromatic heterocycles. The number of halogens is 1. The van der Waals surface area contributed by atoms with E-state index < -0.39 is 68.6 Å². The first-order valence-corrected chi connectivity index (χ1v) is 15.5. The quantitative estimate of drug-likeness (QED) is 0.221. The minimum atomic E-state index is -4.32. The van der Waals surface area contributed by atoms with Crippen LogP contribution >= 0.6 is 7.75 Å². The molecule has 16 heteroatoms. The highest BCUT2D eigenvalue weighted by molar-refractivity contribution is 7.52. The van der Waals surface area contributed by atoms with Gasteiger partial charge in [-0.1, -0.05) is 24.6 Å². The Morgan fingerprint density at radius 3 is 2.76 bits per heavy atom. The summed E-state index contributed by atoms with van der Waals surface area (Å²) in [5, 5.41) is 16.1. The minimum Gasteiger partial charge on any atom is -0.461 e. The topological polar surface area (TPSA) is 186 Å². The van der Waals surface area contributed by atoms with Gasteiger partial charge in [0.05, 0.1) is 12.9 Å². The van der Waals surface area contributed by atoms with Gasteiger partial charge in [-0.05, 0) is 51.7 Å². The zero-order valence-corrected chi connectivity index (χ0v) is 24.2. The number of ether oxygens (including phenoxy) is 2. The summed E-state index contributed by atoms with van der Waals surface area (Å²) in [4.78, 5) is 34.6. The van der Waals surface area contributed by atoms with Crippen molar-refractivity contribution < 1.29 is 42.2 Å². The lowest BCUT2D eigenvalue weighted by Gasteiger charge is -2.36. The molecule has 42 heavy (non-hydrogen) atoms. The number of amides is 1. The van der Waals surface area contributed by atoms with Gasteiger partial charge in [-0.2, -0.15) is 5.09 Å². The number of hydrogen-bond donors (Lipinski definition) is 4. The number of hydrogen-bond acceptors (Lipinski definition) is 12. The maximum absolute atomic E-state index is 15.6. The van der Waals surface area contributed by atoms with Crippen LogP contribution in [0.1, 0.15) is 46.0 Å². The summed E-state index contributed by atoms with van der Waals surface area (Å²) in [6.07, 6.45) is -0.161. The number of rotatable bonds is 10. The summed E-state index contributed by atoms with van der Waals surface area (Å²) in [6, 6.07) is 6.10.